The lowest BCUT2D eigenvalue weighted by Gasteiger charge is -2.36. The molecule has 8 nitrogen and oxygen atoms in total. The Bertz CT molecular complexity index is 808. The standard InChI is InChI=1S/C19H24N6O2/c1-26-19-21-9-13(10-22-19)12-25-14-2-3-17(25)15-11-20-18(23-16(15)8-14)24-4-6-27-7-5-24/h9-11,14,17H,2-8,12H2,1H3/t14-,17-/m0/s1. The topological polar surface area (TPSA) is 76.5 Å². The van der Waals surface area contributed by atoms with E-state index in [-0.39, 0.29) is 0 Å². The van der Waals surface area contributed by atoms with Gasteiger partial charge >= 0.3 is 6.01 Å². The molecule has 2 saturated heterocycles. The summed E-state index contributed by atoms with van der Waals surface area (Å²) < 4.78 is 10.5. The second kappa shape index (κ2) is 7.01. The third-order valence-electron chi connectivity index (χ3n) is 5.84. The maximum absolute atomic E-state index is 5.44. The molecule has 0 aromatic carbocycles. The van der Waals surface area contributed by atoms with Crippen molar-refractivity contribution < 1.29 is 9.47 Å². The van der Waals surface area contributed by atoms with Gasteiger partial charge in [0.1, 0.15) is 0 Å². The summed E-state index contributed by atoms with van der Waals surface area (Å²) in [6.07, 6.45) is 9.12. The Hall–Kier alpha value is -2.32. The van der Waals surface area contributed by atoms with Gasteiger partial charge in [-0.2, -0.15) is 0 Å². The summed E-state index contributed by atoms with van der Waals surface area (Å²) in [5.74, 6) is 0.855. The number of rotatable bonds is 4. The highest BCUT2D eigenvalue weighted by molar-refractivity contribution is 5.37. The lowest BCUT2D eigenvalue weighted by atomic mass is 9.99. The number of fused-ring (bicyclic) bond motifs is 4. The molecule has 0 aliphatic carbocycles. The largest absolute Gasteiger partial charge is 0.467 e. The van der Waals surface area contributed by atoms with Crippen molar-refractivity contribution >= 4 is 5.95 Å². The summed E-state index contributed by atoms with van der Waals surface area (Å²) >= 11 is 0. The minimum atomic E-state index is 0.389. The SMILES string of the molecule is COc1ncc(CN2[C@H]3CC[C@H]2c2cnc(N4CCOCC4)nc2C3)cn1. The molecule has 0 unspecified atom stereocenters. The van der Waals surface area contributed by atoms with Crippen LogP contribution >= 0.6 is 0 Å². The highest BCUT2D eigenvalue weighted by Gasteiger charge is 2.41. The molecule has 0 N–H and O–H groups in total. The number of hydrogen-bond acceptors (Lipinski definition) is 8. The van der Waals surface area contributed by atoms with E-state index in [4.69, 9.17) is 14.5 Å². The van der Waals surface area contributed by atoms with Gasteiger partial charge in [-0.15, -0.1) is 0 Å². The summed E-state index contributed by atoms with van der Waals surface area (Å²) in [6.45, 7) is 4.10. The van der Waals surface area contributed by atoms with Crippen LogP contribution in [0.1, 0.15) is 35.7 Å². The number of aromatic nitrogens is 4. The van der Waals surface area contributed by atoms with Crippen LogP contribution in [-0.2, 0) is 17.7 Å². The molecule has 2 aromatic rings. The van der Waals surface area contributed by atoms with E-state index < -0.39 is 0 Å². The van der Waals surface area contributed by atoms with Crippen LogP contribution in [0.3, 0.4) is 0 Å². The van der Waals surface area contributed by atoms with Gasteiger partial charge in [-0.1, -0.05) is 0 Å². The van der Waals surface area contributed by atoms with E-state index in [0.717, 1.165) is 57.2 Å². The van der Waals surface area contributed by atoms with Gasteiger partial charge in [0.05, 0.1) is 26.0 Å². The zero-order chi connectivity index (χ0) is 18.2. The Morgan fingerprint density at radius 3 is 2.70 bits per heavy atom. The zero-order valence-corrected chi connectivity index (χ0v) is 15.5. The first-order chi connectivity index (χ1) is 13.3. The van der Waals surface area contributed by atoms with Crippen LogP contribution in [0.2, 0.25) is 0 Å². The first-order valence-electron chi connectivity index (χ1n) is 9.61. The summed E-state index contributed by atoms with van der Waals surface area (Å²) in [7, 11) is 1.59. The van der Waals surface area contributed by atoms with Crippen molar-refractivity contribution in [2.45, 2.75) is 37.9 Å². The Labute approximate surface area is 158 Å². The van der Waals surface area contributed by atoms with Gasteiger partial charge in [0, 0.05) is 67.9 Å². The predicted octanol–water partition coefficient (Wildman–Crippen LogP) is 1.37. The van der Waals surface area contributed by atoms with E-state index in [1.807, 2.05) is 12.4 Å². The molecule has 27 heavy (non-hydrogen) atoms. The molecule has 0 radical (unpaired) electrons. The Morgan fingerprint density at radius 2 is 1.93 bits per heavy atom. The second-order valence-electron chi connectivity index (χ2n) is 7.37. The molecule has 5 heterocycles. The molecule has 3 aliphatic heterocycles. The fraction of sp³-hybridized carbons (Fsp3) is 0.579. The number of nitrogens with zero attached hydrogens (tertiary/aromatic N) is 6. The summed E-state index contributed by atoms with van der Waals surface area (Å²) in [6, 6.07) is 1.33. The van der Waals surface area contributed by atoms with Crippen molar-refractivity contribution in [1.82, 2.24) is 24.8 Å². The molecule has 2 bridgehead atoms. The van der Waals surface area contributed by atoms with Crippen molar-refractivity contribution in [3.63, 3.8) is 0 Å². The van der Waals surface area contributed by atoms with E-state index in [2.05, 4.69) is 30.9 Å². The van der Waals surface area contributed by atoms with Gasteiger partial charge < -0.3 is 14.4 Å². The third kappa shape index (κ3) is 3.12. The zero-order valence-electron chi connectivity index (χ0n) is 15.5. The summed E-state index contributed by atoms with van der Waals surface area (Å²) in [5.41, 5.74) is 3.62. The Morgan fingerprint density at radius 1 is 1.11 bits per heavy atom. The first kappa shape index (κ1) is 16.8. The van der Waals surface area contributed by atoms with Crippen molar-refractivity contribution in [2.75, 3.05) is 38.3 Å². The fourth-order valence-electron chi connectivity index (χ4n) is 4.47. The molecular formula is C19H24N6O2. The lowest BCUT2D eigenvalue weighted by molar-refractivity contribution is 0.122. The maximum atomic E-state index is 5.44. The number of hydrogen-bond donors (Lipinski definition) is 0. The third-order valence-corrected chi connectivity index (χ3v) is 5.84. The van der Waals surface area contributed by atoms with E-state index in [1.165, 1.54) is 17.7 Å². The molecule has 3 aliphatic rings. The van der Waals surface area contributed by atoms with Crippen LogP contribution in [0, 0.1) is 0 Å². The monoisotopic (exact) mass is 368 g/mol. The maximum Gasteiger partial charge on any atom is 0.316 e. The van der Waals surface area contributed by atoms with E-state index in [0.29, 0.717) is 18.1 Å². The average molecular weight is 368 g/mol. The van der Waals surface area contributed by atoms with Crippen molar-refractivity contribution in [3.05, 3.63) is 35.4 Å². The molecule has 8 heteroatoms. The van der Waals surface area contributed by atoms with Gasteiger partial charge in [-0.3, -0.25) is 4.90 Å². The number of ether oxygens (including phenoxy) is 2. The highest BCUT2D eigenvalue weighted by Crippen LogP contribution is 2.43. The van der Waals surface area contributed by atoms with Crippen LogP contribution in [0.4, 0.5) is 5.95 Å². The van der Waals surface area contributed by atoms with Gasteiger partial charge in [0.15, 0.2) is 0 Å². The van der Waals surface area contributed by atoms with Crippen molar-refractivity contribution in [3.8, 4) is 6.01 Å². The molecule has 0 amide bonds. The minimum absolute atomic E-state index is 0.389. The van der Waals surface area contributed by atoms with Crippen molar-refractivity contribution in [1.29, 1.82) is 0 Å². The molecule has 0 saturated carbocycles. The van der Waals surface area contributed by atoms with Gasteiger partial charge in [-0.05, 0) is 12.8 Å². The average Bonchev–Trinajstić information content (AvgIpc) is 3.00. The first-order valence-corrected chi connectivity index (χ1v) is 9.61. The number of morpholine rings is 1. The van der Waals surface area contributed by atoms with Gasteiger partial charge in [0.2, 0.25) is 5.95 Å². The molecule has 2 atom stereocenters. The van der Waals surface area contributed by atoms with Crippen LogP contribution in [0.25, 0.3) is 0 Å². The summed E-state index contributed by atoms with van der Waals surface area (Å²) in [4.78, 5) is 22.9. The second-order valence-corrected chi connectivity index (χ2v) is 7.37. The molecular weight excluding hydrogens is 344 g/mol. The van der Waals surface area contributed by atoms with Gasteiger partial charge in [0.25, 0.3) is 0 Å². The normalized spacial score (nSPS) is 24.7. The molecule has 0 spiro atoms. The quantitative estimate of drug-likeness (QED) is 0.801. The smallest absolute Gasteiger partial charge is 0.316 e. The predicted molar refractivity (Wildman–Crippen MR) is 98.7 cm³/mol. The summed E-state index contributed by atoms with van der Waals surface area (Å²) in [5, 5.41) is 0. The lowest BCUT2D eigenvalue weighted by Crippen LogP contribution is -2.40. The molecule has 2 fully saturated rings. The number of anilines is 1. The molecule has 5 rings (SSSR count). The highest BCUT2D eigenvalue weighted by atomic mass is 16.5. The Balaban J connectivity index is 1.36. The Kier molecular flexibility index (Phi) is 4.37. The van der Waals surface area contributed by atoms with Crippen molar-refractivity contribution in [2.24, 2.45) is 0 Å². The van der Waals surface area contributed by atoms with Crippen LogP contribution in [-0.4, -0.2) is 64.3 Å². The van der Waals surface area contributed by atoms with Crippen LogP contribution in [0.15, 0.2) is 18.6 Å². The van der Waals surface area contributed by atoms with E-state index >= 15 is 0 Å². The van der Waals surface area contributed by atoms with E-state index in [9.17, 15) is 0 Å². The number of methoxy groups -OCH3 is 1. The minimum Gasteiger partial charge on any atom is -0.467 e. The van der Waals surface area contributed by atoms with E-state index in [1.54, 1.807) is 7.11 Å². The molecule has 2 aromatic heterocycles. The fourth-order valence-corrected chi connectivity index (χ4v) is 4.47. The molecule has 142 valence electrons. The van der Waals surface area contributed by atoms with Gasteiger partial charge in [-0.25, -0.2) is 19.9 Å². The van der Waals surface area contributed by atoms with Crippen LogP contribution in [0.5, 0.6) is 6.01 Å². The van der Waals surface area contributed by atoms with Crippen LogP contribution < -0.4 is 9.64 Å².